The van der Waals surface area contributed by atoms with Crippen LogP contribution < -0.4 is 10.6 Å². The molecule has 0 atom stereocenters. The van der Waals surface area contributed by atoms with Gasteiger partial charge in [-0.25, -0.2) is 0 Å². The van der Waals surface area contributed by atoms with E-state index in [1.165, 1.54) is 23.9 Å². The highest BCUT2D eigenvalue weighted by atomic mass is 15.2. The Kier molecular flexibility index (Phi) is 2.62. The number of hydrogen-bond donors (Lipinski definition) is 1. The first kappa shape index (κ1) is 11.3. The minimum Gasteiger partial charge on any atom is -0.398 e. The molecule has 94 valence electrons. The van der Waals surface area contributed by atoms with Gasteiger partial charge >= 0.3 is 0 Å². The fraction of sp³-hybridized carbons (Fsp3) is 0.400. The zero-order chi connectivity index (χ0) is 12.7. The minimum absolute atomic E-state index is 0.718. The highest BCUT2D eigenvalue weighted by Crippen LogP contribution is 2.37. The van der Waals surface area contributed by atoms with Gasteiger partial charge in [-0.3, -0.25) is 4.98 Å². The Labute approximate surface area is 108 Å². The predicted molar refractivity (Wildman–Crippen MR) is 76.9 cm³/mol. The molecule has 0 radical (unpaired) electrons. The van der Waals surface area contributed by atoms with Crippen LogP contribution in [0.2, 0.25) is 0 Å². The lowest BCUT2D eigenvalue weighted by Gasteiger charge is -2.25. The summed E-state index contributed by atoms with van der Waals surface area (Å²) in [5.41, 5.74) is 9.21. The second kappa shape index (κ2) is 4.16. The van der Waals surface area contributed by atoms with Crippen molar-refractivity contribution in [1.82, 2.24) is 4.98 Å². The van der Waals surface area contributed by atoms with Gasteiger partial charge in [0.25, 0.3) is 0 Å². The average Bonchev–Trinajstić information content (AvgIpc) is 3.17. The number of hydrogen-bond acceptors (Lipinski definition) is 3. The monoisotopic (exact) mass is 241 g/mol. The highest BCUT2D eigenvalue weighted by Gasteiger charge is 2.29. The van der Waals surface area contributed by atoms with Crippen molar-refractivity contribution in [1.29, 1.82) is 0 Å². The lowest BCUT2D eigenvalue weighted by atomic mass is 10.1. The van der Waals surface area contributed by atoms with Crippen molar-refractivity contribution in [3.63, 3.8) is 0 Å². The fourth-order valence-corrected chi connectivity index (χ4v) is 2.61. The molecular weight excluding hydrogens is 222 g/mol. The molecule has 18 heavy (non-hydrogen) atoms. The number of anilines is 2. The van der Waals surface area contributed by atoms with Gasteiger partial charge in [0.1, 0.15) is 0 Å². The molecule has 1 heterocycles. The van der Waals surface area contributed by atoms with Gasteiger partial charge in [-0.1, -0.05) is 0 Å². The predicted octanol–water partition coefficient (Wildman–Crippen LogP) is 3.11. The molecule has 2 N–H and O–H groups in total. The summed E-state index contributed by atoms with van der Waals surface area (Å²) in [6.45, 7) is 5.29. The van der Waals surface area contributed by atoms with Crippen molar-refractivity contribution in [2.75, 3.05) is 17.2 Å². The van der Waals surface area contributed by atoms with Crippen LogP contribution in [0.4, 0.5) is 11.4 Å². The van der Waals surface area contributed by atoms with Gasteiger partial charge in [0.15, 0.2) is 0 Å². The molecule has 0 amide bonds. The number of benzene rings is 1. The summed E-state index contributed by atoms with van der Waals surface area (Å²) >= 11 is 0. The van der Waals surface area contributed by atoms with Crippen LogP contribution in [0, 0.1) is 6.92 Å². The summed E-state index contributed by atoms with van der Waals surface area (Å²) in [5.74, 6) is 0. The quantitative estimate of drug-likeness (QED) is 0.839. The van der Waals surface area contributed by atoms with Crippen molar-refractivity contribution in [3.05, 3.63) is 30.1 Å². The third kappa shape index (κ3) is 1.80. The van der Waals surface area contributed by atoms with Crippen LogP contribution in [0.1, 0.15) is 25.5 Å². The maximum absolute atomic E-state index is 6.05. The molecule has 0 aliphatic heterocycles. The number of nitrogen functional groups attached to an aromatic ring is 1. The SMILES string of the molecule is CCN(c1ccc(N)c2cnc(C)cc12)C1CC1. The molecule has 3 nitrogen and oxygen atoms in total. The molecule has 2 aromatic rings. The van der Waals surface area contributed by atoms with Crippen LogP contribution in [0.25, 0.3) is 10.8 Å². The molecule has 0 unspecified atom stereocenters. The van der Waals surface area contributed by atoms with Crippen molar-refractivity contribution in [2.24, 2.45) is 0 Å². The van der Waals surface area contributed by atoms with E-state index in [1.807, 2.05) is 19.2 Å². The molecule has 3 rings (SSSR count). The lowest BCUT2D eigenvalue weighted by molar-refractivity contribution is 0.830. The Balaban J connectivity index is 2.21. The number of aryl methyl sites for hydroxylation is 1. The number of aromatic nitrogens is 1. The van der Waals surface area contributed by atoms with E-state index in [0.717, 1.165) is 29.4 Å². The molecule has 0 bridgehead atoms. The zero-order valence-corrected chi connectivity index (χ0v) is 11.0. The largest absolute Gasteiger partial charge is 0.398 e. The van der Waals surface area contributed by atoms with Crippen LogP contribution in [0.15, 0.2) is 24.4 Å². The van der Waals surface area contributed by atoms with Gasteiger partial charge in [0, 0.05) is 46.6 Å². The number of rotatable bonds is 3. The molecule has 1 fully saturated rings. The maximum Gasteiger partial charge on any atom is 0.0451 e. The molecule has 1 aromatic heterocycles. The third-order valence-corrected chi connectivity index (χ3v) is 3.69. The topological polar surface area (TPSA) is 42.1 Å². The molecule has 0 spiro atoms. The van der Waals surface area contributed by atoms with Gasteiger partial charge in [-0.2, -0.15) is 0 Å². The van der Waals surface area contributed by atoms with E-state index < -0.39 is 0 Å². The molecule has 1 aliphatic carbocycles. The van der Waals surface area contributed by atoms with E-state index in [4.69, 9.17) is 5.73 Å². The van der Waals surface area contributed by atoms with Crippen molar-refractivity contribution >= 4 is 22.1 Å². The van der Waals surface area contributed by atoms with Crippen LogP contribution in [0.5, 0.6) is 0 Å². The number of pyridine rings is 1. The Morgan fingerprint density at radius 1 is 1.33 bits per heavy atom. The minimum atomic E-state index is 0.718. The van der Waals surface area contributed by atoms with E-state index >= 15 is 0 Å². The van der Waals surface area contributed by atoms with Crippen LogP contribution in [-0.2, 0) is 0 Å². The first-order chi connectivity index (χ1) is 8.70. The average molecular weight is 241 g/mol. The summed E-state index contributed by atoms with van der Waals surface area (Å²) in [6.07, 6.45) is 4.51. The smallest absolute Gasteiger partial charge is 0.0451 e. The van der Waals surface area contributed by atoms with E-state index in [9.17, 15) is 0 Å². The summed E-state index contributed by atoms with van der Waals surface area (Å²) in [7, 11) is 0. The van der Waals surface area contributed by atoms with Gasteiger partial charge in [-0.15, -0.1) is 0 Å². The van der Waals surface area contributed by atoms with Crippen molar-refractivity contribution in [2.45, 2.75) is 32.7 Å². The second-order valence-electron chi connectivity index (χ2n) is 5.06. The number of fused-ring (bicyclic) bond motifs is 1. The molecular formula is C15H19N3. The summed E-state index contributed by atoms with van der Waals surface area (Å²) in [4.78, 5) is 6.84. The number of nitrogens with zero attached hydrogens (tertiary/aromatic N) is 2. The van der Waals surface area contributed by atoms with E-state index in [0.29, 0.717) is 0 Å². The summed E-state index contributed by atoms with van der Waals surface area (Å²) in [6, 6.07) is 7.01. The standard InChI is InChI=1S/C15H19N3/c1-3-18(11-4-5-11)15-7-6-14(16)13-9-17-10(2)8-12(13)15/h6-9,11H,3-5,16H2,1-2H3. The van der Waals surface area contributed by atoms with E-state index in [-0.39, 0.29) is 0 Å². The van der Waals surface area contributed by atoms with E-state index in [1.54, 1.807) is 0 Å². The number of nitrogens with two attached hydrogens (primary N) is 1. The fourth-order valence-electron chi connectivity index (χ4n) is 2.61. The highest BCUT2D eigenvalue weighted by molar-refractivity contribution is 6.01. The lowest BCUT2D eigenvalue weighted by Crippen LogP contribution is -2.25. The van der Waals surface area contributed by atoms with Gasteiger partial charge in [-0.05, 0) is 44.9 Å². The summed E-state index contributed by atoms with van der Waals surface area (Å²) in [5, 5.41) is 2.30. The Hall–Kier alpha value is -1.77. The van der Waals surface area contributed by atoms with Crippen LogP contribution >= 0.6 is 0 Å². The van der Waals surface area contributed by atoms with Crippen molar-refractivity contribution < 1.29 is 0 Å². The Morgan fingerprint density at radius 2 is 2.11 bits per heavy atom. The third-order valence-electron chi connectivity index (χ3n) is 3.69. The molecule has 1 aromatic carbocycles. The zero-order valence-electron chi connectivity index (χ0n) is 11.0. The first-order valence-electron chi connectivity index (χ1n) is 6.62. The van der Waals surface area contributed by atoms with Crippen LogP contribution in [0.3, 0.4) is 0 Å². The van der Waals surface area contributed by atoms with Gasteiger partial charge in [0.05, 0.1) is 0 Å². The second-order valence-corrected chi connectivity index (χ2v) is 5.06. The normalized spacial score (nSPS) is 15.0. The molecule has 1 aliphatic rings. The van der Waals surface area contributed by atoms with Gasteiger partial charge < -0.3 is 10.6 Å². The Morgan fingerprint density at radius 3 is 2.78 bits per heavy atom. The van der Waals surface area contributed by atoms with Crippen molar-refractivity contribution in [3.8, 4) is 0 Å². The maximum atomic E-state index is 6.05. The van der Waals surface area contributed by atoms with Crippen LogP contribution in [-0.4, -0.2) is 17.6 Å². The molecule has 0 saturated heterocycles. The molecule has 1 saturated carbocycles. The van der Waals surface area contributed by atoms with Gasteiger partial charge in [0.2, 0.25) is 0 Å². The first-order valence-corrected chi connectivity index (χ1v) is 6.62. The van der Waals surface area contributed by atoms with E-state index in [2.05, 4.69) is 28.9 Å². The summed E-state index contributed by atoms with van der Waals surface area (Å²) < 4.78 is 0. The molecule has 3 heteroatoms. The Bertz CT molecular complexity index is 588.